The van der Waals surface area contributed by atoms with Crippen LogP contribution in [0.4, 0.5) is 23.7 Å². The third kappa shape index (κ3) is 6.06. The molecule has 1 saturated heterocycles. The number of anilines is 1. The first-order valence-corrected chi connectivity index (χ1v) is 8.68. The van der Waals surface area contributed by atoms with Crippen LogP contribution in [0.1, 0.15) is 22.3 Å². The van der Waals surface area contributed by atoms with E-state index in [2.05, 4.69) is 16.0 Å². The highest BCUT2D eigenvalue weighted by Crippen LogP contribution is 2.31. The summed E-state index contributed by atoms with van der Waals surface area (Å²) in [5, 5.41) is 16.4. The molecule has 29 heavy (non-hydrogen) atoms. The maximum Gasteiger partial charge on any atom is 0.416 e. The molecule has 0 aromatic heterocycles. The predicted octanol–water partition coefficient (Wildman–Crippen LogP) is 0.472. The first-order chi connectivity index (χ1) is 13.5. The monoisotopic (exact) mass is 417 g/mol. The second-order valence-electron chi connectivity index (χ2n) is 6.77. The number of carboxylic acid groups (broad SMARTS) is 1. The highest BCUT2D eigenvalue weighted by atomic mass is 19.4. The number of alkyl halides is 3. The van der Waals surface area contributed by atoms with Gasteiger partial charge in [-0.1, -0.05) is 0 Å². The molecule has 12 heteroatoms. The van der Waals surface area contributed by atoms with Crippen molar-refractivity contribution < 1.29 is 32.7 Å². The van der Waals surface area contributed by atoms with E-state index in [1.165, 1.54) is 0 Å². The van der Waals surface area contributed by atoms with Crippen LogP contribution in [0.25, 0.3) is 0 Å². The molecular formula is C17H22F3N5O4. The fourth-order valence-corrected chi connectivity index (χ4v) is 3.11. The Morgan fingerprint density at radius 2 is 2.03 bits per heavy atom. The van der Waals surface area contributed by atoms with Crippen molar-refractivity contribution in [1.82, 2.24) is 20.9 Å². The van der Waals surface area contributed by atoms with E-state index < -0.39 is 47.6 Å². The topological polar surface area (TPSA) is 137 Å². The normalized spacial score (nSPS) is 21.2. The van der Waals surface area contributed by atoms with Gasteiger partial charge in [0.05, 0.1) is 17.2 Å². The average Bonchev–Trinajstić information content (AvgIpc) is 2.62. The van der Waals surface area contributed by atoms with E-state index in [0.717, 1.165) is 12.1 Å². The highest BCUT2D eigenvalue weighted by molar-refractivity contribution is 6.00. The van der Waals surface area contributed by atoms with Gasteiger partial charge in [-0.25, -0.2) is 4.79 Å². The van der Waals surface area contributed by atoms with E-state index in [4.69, 9.17) is 10.8 Å². The fourth-order valence-electron chi connectivity index (χ4n) is 3.11. The molecule has 1 unspecified atom stereocenters. The molecule has 0 aliphatic carbocycles. The lowest BCUT2D eigenvalue weighted by molar-refractivity contribution is -0.137. The van der Waals surface area contributed by atoms with Crippen LogP contribution in [-0.2, 0) is 11.0 Å². The summed E-state index contributed by atoms with van der Waals surface area (Å²) in [6.45, 7) is 1.01. The average molecular weight is 417 g/mol. The van der Waals surface area contributed by atoms with Crippen molar-refractivity contribution in [3.63, 3.8) is 0 Å². The SMILES string of the molecule is CN1CC[C@@H](NC(=O)O)[C@@H](NC(C=O)NC(=O)c2cc(C(F)(F)F)ccc2N)C1. The summed E-state index contributed by atoms with van der Waals surface area (Å²) in [4.78, 5) is 36.7. The molecule has 1 aliphatic heterocycles. The Labute approximate surface area is 164 Å². The van der Waals surface area contributed by atoms with Gasteiger partial charge < -0.3 is 26.4 Å². The number of nitrogens with one attached hydrogen (secondary N) is 3. The summed E-state index contributed by atoms with van der Waals surface area (Å²) < 4.78 is 38.7. The van der Waals surface area contributed by atoms with Gasteiger partial charge in [0.15, 0.2) is 6.29 Å². The zero-order chi connectivity index (χ0) is 21.8. The van der Waals surface area contributed by atoms with Gasteiger partial charge >= 0.3 is 12.3 Å². The lowest BCUT2D eigenvalue weighted by Gasteiger charge is -2.38. The zero-order valence-corrected chi connectivity index (χ0v) is 15.5. The lowest BCUT2D eigenvalue weighted by atomic mass is 9.99. The van der Waals surface area contributed by atoms with Gasteiger partial charge in [0.25, 0.3) is 5.91 Å². The Morgan fingerprint density at radius 3 is 2.62 bits per heavy atom. The Morgan fingerprint density at radius 1 is 1.34 bits per heavy atom. The molecule has 2 rings (SSSR count). The van der Waals surface area contributed by atoms with Crippen LogP contribution >= 0.6 is 0 Å². The number of piperidine rings is 1. The van der Waals surface area contributed by atoms with Crippen molar-refractivity contribution in [2.24, 2.45) is 0 Å². The number of likely N-dealkylation sites (tertiary alicyclic amines) is 1. The number of aldehydes is 1. The predicted molar refractivity (Wildman–Crippen MR) is 97.2 cm³/mol. The van der Waals surface area contributed by atoms with Gasteiger partial charge in [0.1, 0.15) is 6.17 Å². The highest BCUT2D eigenvalue weighted by Gasteiger charge is 2.33. The van der Waals surface area contributed by atoms with Gasteiger partial charge in [-0.15, -0.1) is 0 Å². The molecule has 1 fully saturated rings. The number of hydrogen-bond acceptors (Lipinski definition) is 6. The zero-order valence-electron chi connectivity index (χ0n) is 15.5. The van der Waals surface area contributed by atoms with Gasteiger partial charge in [-0.2, -0.15) is 13.2 Å². The second kappa shape index (κ2) is 9.09. The van der Waals surface area contributed by atoms with Gasteiger partial charge in [-0.05, 0) is 38.2 Å². The number of carbonyl (C=O) groups excluding carboxylic acids is 2. The molecule has 1 heterocycles. The van der Waals surface area contributed by atoms with Crippen molar-refractivity contribution in [3.05, 3.63) is 29.3 Å². The third-order valence-electron chi connectivity index (χ3n) is 4.57. The molecule has 1 aliphatic rings. The largest absolute Gasteiger partial charge is 0.465 e. The van der Waals surface area contributed by atoms with Crippen LogP contribution in [0.3, 0.4) is 0 Å². The number of nitrogen functional groups attached to an aromatic ring is 1. The maximum absolute atomic E-state index is 12.9. The molecule has 0 radical (unpaired) electrons. The van der Waals surface area contributed by atoms with Crippen molar-refractivity contribution in [2.45, 2.75) is 30.8 Å². The quantitative estimate of drug-likeness (QED) is 0.258. The van der Waals surface area contributed by atoms with Gasteiger partial charge in [0.2, 0.25) is 0 Å². The van der Waals surface area contributed by atoms with E-state index in [1.54, 1.807) is 0 Å². The summed E-state index contributed by atoms with van der Waals surface area (Å²) in [6.07, 6.45) is -6.30. The van der Waals surface area contributed by atoms with E-state index in [1.807, 2.05) is 11.9 Å². The number of amides is 2. The van der Waals surface area contributed by atoms with E-state index >= 15 is 0 Å². The second-order valence-corrected chi connectivity index (χ2v) is 6.77. The van der Waals surface area contributed by atoms with E-state index in [0.29, 0.717) is 31.9 Å². The van der Waals surface area contributed by atoms with Crippen molar-refractivity contribution in [3.8, 4) is 0 Å². The minimum atomic E-state index is -4.66. The van der Waals surface area contributed by atoms with Crippen LogP contribution in [0.5, 0.6) is 0 Å². The van der Waals surface area contributed by atoms with Gasteiger partial charge in [-0.3, -0.25) is 14.9 Å². The standard InChI is InChI=1S/C17H22F3N5O4/c1-25-5-4-12(23-16(28)29)13(7-25)22-14(8-26)24-15(27)10-6-9(17(18,19)20)2-3-11(10)21/h2-3,6,8,12-14,22-23H,4-5,7,21H2,1H3,(H,24,27)(H,28,29)/t12-,13+,14?/m1/s1. The molecule has 3 atom stereocenters. The Bertz CT molecular complexity index is 774. The number of nitrogens with two attached hydrogens (primary N) is 1. The fraction of sp³-hybridized carbons (Fsp3) is 0.471. The number of halogens is 3. The van der Waals surface area contributed by atoms with Crippen LogP contribution in [0.15, 0.2) is 18.2 Å². The third-order valence-corrected chi connectivity index (χ3v) is 4.57. The van der Waals surface area contributed by atoms with Crippen molar-refractivity contribution in [2.75, 3.05) is 25.9 Å². The van der Waals surface area contributed by atoms with Crippen LogP contribution in [-0.4, -0.2) is 66.7 Å². The van der Waals surface area contributed by atoms with Crippen LogP contribution in [0, 0.1) is 0 Å². The minimum absolute atomic E-state index is 0.178. The Hall–Kier alpha value is -2.86. The molecule has 0 bridgehead atoms. The molecular weight excluding hydrogens is 395 g/mol. The van der Waals surface area contributed by atoms with E-state index in [-0.39, 0.29) is 5.69 Å². The first kappa shape index (κ1) is 22.4. The summed E-state index contributed by atoms with van der Waals surface area (Å²) in [5.74, 6) is -0.967. The number of nitrogens with zero attached hydrogens (tertiary/aromatic N) is 1. The summed E-state index contributed by atoms with van der Waals surface area (Å²) >= 11 is 0. The number of hydrogen-bond donors (Lipinski definition) is 5. The molecule has 2 amide bonds. The molecule has 160 valence electrons. The molecule has 0 saturated carbocycles. The minimum Gasteiger partial charge on any atom is -0.465 e. The summed E-state index contributed by atoms with van der Waals surface area (Å²) in [7, 11) is 1.81. The van der Waals surface area contributed by atoms with E-state index in [9.17, 15) is 27.6 Å². The molecule has 6 N–H and O–H groups in total. The Balaban J connectivity index is 2.13. The molecule has 0 spiro atoms. The lowest BCUT2D eigenvalue weighted by Crippen LogP contribution is -2.63. The molecule has 9 nitrogen and oxygen atoms in total. The van der Waals surface area contributed by atoms with Crippen LogP contribution < -0.4 is 21.7 Å². The number of benzene rings is 1. The number of likely N-dealkylation sites (N-methyl/N-ethyl adjacent to an activating group) is 1. The Kier molecular flexibility index (Phi) is 7.03. The summed E-state index contributed by atoms with van der Waals surface area (Å²) in [5.41, 5.74) is 3.96. The van der Waals surface area contributed by atoms with Crippen LogP contribution in [0.2, 0.25) is 0 Å². The van der Waals surface area contributed by atoms with Crippen molar-refractivity contribution in [1.29, 1.82) is 0 Å². The number of rotatable bonds is 6. The number of carbonyl (C=O) groups is 3. The molecule has 1 aromatic carbocycles. The summed E-state index contributed by atoms with van der Waals surface area (Å²) in [6, 6.07) is 1.29. The maximum atomic E-state index is 12.9. The first-order valence-electron chi connectivity index (χ1n) is 8.68. The van der Waals surface area contributed by atoms with Crippen molar-refractivity contribution >= 4 is 24.0 Å². The smallest absolute Gasteiger partial charge is 0.416 e. The van der Waals surface area contributed by atoms with Gasteiger partial charge in [0, 0.05) is 18.3 Å². The molecule has 1 aromatic rings.